The van der Waals surface area contributed by atoms with Gasteiger partial charge in [-0.1, -0.05) is 30.3 Å². The van der Waals surface area contributed by atoms with Crippen molar-refractivity contribution in [3.8, 4) is 28.6 Å². The molecule has 0 unspecified atom stereocenters. The first-order valence-corrected chi connectivity index (χ1v) is 7.88. The van der Waals surface area contributed by atoms with E-state index in [0.717, 1.165) is 12.1 Å². The van der Waals surface area contributed by atoms with Crippen LogP contribution in [-0.4, -0.2) is 23.2 Å². The van der Waals surface area contributed by atoms with E-state index in [0.29, 0.717) is 5.56 Å². The van der Waals surface area contributed by atoms with Gasteiger partial charge in [-0.25, -0.2) is 0 Å². The molecule has 1 aromatic heterocycles. The summed E-state index contributed by atoms with van der Waals surface area (Å²) in [5.74, 6) is -2.55. The molecular formula is C15H10O8S. The van der Waals surface area contributed by atoms with Gasteiger partial charge in [0.2, 0.25) is 5.75 Å². The van der Waals surface area contributed by atoms with Crippen LogP contribution in [0, 0.1) is 0 Å². The summed E-state index contributed by atoms with van der Waals surface area (Å²) in [5, 5.41) is 19.3. The molecule has 0 bridgehead atoms. The molecule has 0 aliphatic carbocycles. The zero-order valence-electron chi connectivity index (χ0n) is 11.8. The lowest BCUT2D eigenvalue weighted by Crippen LogP contribution is -2.08. The van der Waals surface area contributed by atoms with Gasteiger partial charge < -0.3 is 18.8 Å². The highest BCUT2D eigenvalue weighted by Crippen LogP contribution is 2.41. The Bertz CT molecular complexity index is 1080. The van der Waals surface area contributed by atoms with E-state index in [1.54, 1.807) is 30.3 Å². The molecular weight excluding hydrogens is 340 g/mol. The van der Waals surface area contributed by atoms with Crippen LogP contribution >= 0.6 is 0 Å². The maximum Gasteiger partial charge on any atom is 0.446 e. The second-order valence-electron chi connectivity index (χ2n) is 4.80. The van der Waals surface area contributed by atoms with Gasteiger partial charge in [-0.05, 0) is 0 Å². The smallest absolute Gasteiger partial charge is 0.446 e. The Balaban J connectivity index is 2.30. The number of fused-ring (bicyclic) bond motifs is 1. The molecule has 0 radical (unpaired) electrons. The molecule has 8 nitrogen and oxygen atoms in total. The zero-order valence-corrected chi connectivity index (χ0v) is 12.6. The van der Waals surface area contributed by atoms with Crippen LogP contribution in [0.2, 0.25) is 0 Å². The second kappa shape index (κ2) is 5.55. The van der Waals surface area contributed by atoms with Gasteiger partial charge in [0, 0.05) is 17.7 Å². The van der Waals surface area contributed by atoms with Crippen LogP contribution < -0.4 is 9.61 Å². The van der Waals surface area contributed by atoms with E-state index < -0.39 is 33.1 Å². The van der Waals surface area contributed by atoms with Crippen LogP contribution in [0.15, 0.2) is 51.7 Å². The Kier molecular flexibility index (Phi) is 3.66. The lowest BCUT2D eigenvalue weighted by Gasteiger charge is -2.09. The first-order valence-electron chi connectivity index (χ1n) is 6.51. The lowest BCUT2D eigenvalue weighted by atomic mass is 10.1. The normalized spacial score (nSPS) is 11.5. The molecule has 0 aliphatic rings. The van der Waals surface area contributed by atoms with Crippen molar-refractivity contribution in [3.05, 3.63) is 52.7 Å². The van der Waals surface area contributed by atoms with Crippen LogP contribution in [0.25, 0.3) is 22.3 Å². The monoisotopic (exact) mass is 350 g/mol. The quantitative estimate of drug-likeness (QED) is 0.482. The van der Waals surface area contributed by atoms with Crippen LogP contribution in [0.3, 0.4) is 0 Å². The molecule has 3 N–H and O–H groups in total. The van der Waals surface area contributed by atoms with E-state index in [2.05, 4.69) is 4.18 Å². The number of phenols is 2. The molecule has 0 spiro atoms. The van der Waals surface area contributed by atoms with Gasteiger partial charge in [0.05, 0.1) is 0 Å². The van der Waals surface area contributed by atoms with E-state index in [-0.39, 0.29) is 16.7 Å². The van der Waals surface area contributed by atoms with Crippen molar-refractivity contribution in [1.82, 2.24) is 0 Å². The third-order valence-corrected chi connectivity index (χ3v) is 3.58. The maximum absolute atomic E-state index is 12.2. The Morgan fingerprint density at radius 3 is 2.29 bits per heavy atom. The summed E-state index contributed by atoms with van der Waals surface area (Å²) in [5.41, 5.74) is -0.307. The van der Waals surface area contributed by atoms with E-state index in [1.165, 1.54) is 0 Å². The van der Waals surface area contributed by atoms with Crippen molar-refractivity contribution < 1.29 is 31.8 Å². The summed E-state index contributed by atoms with van der Waals surface area (Å²) in [6.45, 7) is 0. The maximum atomic E-state index is 12.2. The molecule has 1 heterocycles. The van der Waals surface area contributed by atoms with E-state index >= 15 is 0 Å². The van der Waals surface area contributed by atoms with E-state index in [1.807, 2.05) is 0 Å². The third kappa shape index (κ3) is 2.90. The van der Waals surface area contributed by atoms with Gasteiger partial charge in [-0.3, -0.25) is 9.35 Å². The highest BCUT2D eigenvalue weighted by atomic mass is 32.3. The molecule has 0 saturated heterocycles. The number of phenolic OH excluding ortho intramolecular Hbond substituents is 2. The van der Waals surface area contributed by atoms with Crippen LogP contribution in [0.4, 0.5) is 0 Å². The summed E-state index contributed by atoms with van der Waals surface area (Å²) in [6, 6.07) is 10.6. The Morgan fingerprint density at radius 1 is 1.00 bits per heavy atom. The summed E-state index contributed by atoms with van der Waals surface area (Å²) in [6.07, 6.45) is 0. The predicted octanol–water partition coefficient (Wildman–Crippen LogP) is 2.05. The van der Waals surface area contributed by atoms with Crippen molar-refractivity contribution in [2.45, 2.75) is 0 Å². The minimum absolute atomic E-state index is 0.163. The third-order valence-electron chi connectivity index (χ3n) is 3.18. The minimum atomic E-state index is -4.95. The largest absolute Gasteiger partial charge is 0.504 e. The predicted molar refractivity (Wildman–Crippen MR) is 83.4 cm³/mol. The Hall–Kier alpha value is -3.04. The average molecular weight is 350 g/mol. The van der Waals surface area contributed by atoms with Gasteiger partial charge >= 0.3 is 10.4 Å². The van der Waals surface area contributed by atoms with Crippen LogP contribution in [0.5, 0.6) is 17.2 Å². The van der Waals surface area contributed by atoms with Gasteiger partial charge in [0.15, 0.2) is 16.9 Å². The zero-order chi connectivity index (χ0) is 17.5. The number of benzene rings is 2. The molecule has 0 aliphatic heterocycles. The molecule has 0 fully saturated rings. The molecule has 124 valence electrons. The molecule has 9 heteroatoms. The summed E-state index contributed by atoms with van der Waals surface area (Å²) < 4.78 is 40.0. The molecule has 24 heavy (non-hydrogen) atoms. The van der Waals surface area contributed by atoms with Crippen LogP contribution in [0.1, 0.15) is 0 Å². The molecule has 3 rings (SSSR count). The molecule has 0 atom stereocenters. The topological polar surface area (TPSA) is 134 Å². The Morgan fingerprint density at radius 2 is 1.67 bits per heavy atom. The molecule has 2 aromatic carbocycles. The SMILES string of the molecule is O=c1cc(-c2ccccc2)oc2cc(OS(=O)(=O)O)c(O)c(O)c12. The van der Waals surface area contributed by atoms with Crippen molar-refractivity contribution in [3.63, 3.8) is 0 Å². The van der Waals surface area contributed by atoms with Crippen LogP contribution in [-0.2, 0) is 10.4 Å². The molecule has 0 amide bonds. The fraction of sp³-hybridized carbons (Fsp3) is 0. The fourth-order valence-corrected chi connectivity index (χ4v) is 2.54. The highest BCUT2D eigenvalue weighted by Gasteiger charge is 2.21. The number of hydrogen-bond donors (Lipinski definition) is 3. The van der Waals surface area contributed by atoms with Gasteiger partial charge in [0.1, 0.15) is 16.7 Å². The molecule has 3 aromatic rings. The fourth-order valence-electron chi connectivity index (χ4n) is 2.19. The van der Waals surface area contributed by atoms with E-state index in [9.17, 15) is 23.4 Å². The van der Waals surface area contributed by atoms with Crippen molar-refractivity contribution in [2.24, 2.45) is 0 Å². The van der Waals surface area contributed by atoms with Crippen molar-refractivity contribution >= 4 is 21.4 Å². The molecule has 0 saturated carbocycles. The standard InChI is InChI=1S/C15H10O8S/c16-9-6-10(8-4-2-1-3-5-8)22-11-7-12(23-24(19,20)21)14(17)15(18)13(9)11/h1-7,17-18H,(H,19,20,21). The summed E-state index contributed by atoms with van der Waals surface area (Å²) in [7, 11) is -4.95. The average Bonchev–Trinajstić information content (AvgIpc) is 2.51. The first-order chi connectivity index (χ1) is 11.3. The summed E-state index contributed by atoms with van der Waals surface area (Å²) in [4.78, 5) is 12.2. The lowest BCUT2D eigenvalue weighted by molar-refractivity contribution is 0.359. The number of hydrogen-bond acceptors (Lipinski definition) is 7. The van der Waals surface area contributed by atoms with Gasteiger partial charge in [-0.2, -0.15) is 8.42 Å². The van der Waals surface area contributed by atoms with Gasteiger partial charge in [-0.15, -0.1) is 0 Å². The highest BCUT2D eigenvalue weighted by molar-refractivity contribution is 7.81. The van der Waals surface area contributed by atoms with E-state index in [4.69, 9.17) is 8.97 Å². The van der Waals surface area contributed by atoms with Crippen molar-refractivity contribution in [1.29, 1.82) is 0 Å². The second-order valence-corrected chi connectivity index (χ2v) is 5.82. The first kappa shape index (κ1) is 15.8. The minimum Gasteiger partial charge on any atom is -0.504 e. The Labute approximate surface area is 135 Å². The van der Waals surface area contributed by atoms with Gasteiger partial charge in [0.25, 0.3) is 0 Å². The summed E-state index contributed by atoms with van der Waals surface area (Å²) >= 11 is 0. The van der Waals surface area contributed by atoms with Crippen molar-refractivity contribution in [2.75, 3.05) is 0 Å². The number of rotatable bonds is 3. The number of aromatic hydroxyl groups is 2.